The van der Waals surface area contributed by atoms with Gasteiger partial charge in [0, 0.05) is 19.3 Å². The Morgan fingerprint density at radius 1 is 0.390 bits per heavy atom. The number of esters is 3. The summed E-state index contributed by atoms with van der Waals surface area (Å²) in [7, 11) is 0. The van der Waals surface area contributed by atoms with Crippen LogP contribution in [0, 0.1) is 0 Å². The Morgan fingerprint density at radius 3 is 0.976 bits per heavy atom. The van der Waals surface area contributed by atoms with Crippen molar-refractivity contribution in [2.24, 2.45) is 0 Å². The van der Waals surface area contributed by atoms with Gasteiger partial charge in [-0.15, -0.1) is 0 Å². The van der Waals surface area contributed by atoms with Crippen molar-refractivity contribution in [3.8, 4) is 0 Å². The minimum Gasteiger partial charge on any atom is -0.462 e. The summed E-state index contributed by atoms with van der Waals surface area (Å²) in [5, 5.41) is 0. The molecular formula is C35H66O6. The summed E-state index contributed by atoms with van der Waals surface area (Å²) < 4.78 is 16.3. The fourth-order valence-corrected chi connectivity index (χ4v) is 4.91. The van der Waals surface area contributed by atoms with Crippen LogP contribution >= 0.6 is 0 Å². The number of unbranched alkanes of at least 4 members (excludes halogenated alkanes) is 20. The van der Waals surface area contributed by atoms with Crippen molar-refractivity contribution >= 4 is 17.9 Å². The predicted octanol–water partition coefficient (Wildman–Crippen LogP) is 10.2. The van der Waals surface area contributed by atoms with Gasteiger partial charge in [0.1, 0.15) is 13.2 Å². The lowest BCUT2D eigenvalue weighted by Crippen LogP contribution is -2.30. The van der Waals surface area contributed by atoms with Crippen molar-refractivity contribution in [1.82, 2.24) is 0 Å². The summed E-state index contributed by atoms with van der Waals surface area (Å²) in [4.78, 5) is 36.8. The molecule has 0 aromatic carbocycles. The van der Waals surface area contributed by atoms with Gasteiger partial charge in [0.05, 0.1) is 0 Å². The molecule has 41 heavy (non-hydrogen) atoms. The first kappa shape index (κ1) is 39.4. The van der Waals surface area contributed by atoms with Gasteiger partial charge in [0.2, 0.25) is 0 Å². The molecule has 0 radical (unpaired) electrons. The van der Waals surface area contributed by atoms with E-state index >= 15 is 0 Å². The fourth-order valence-electron chi connectivity index (χ4n) is 4.91. The lowest BCUT2D eigenvalue weighted by molar-refractivity contribution is -0.167. The topological polar surface area (TPSA) is 78.9 Å². The van der Waals surface area contributed by atoms with Crippen LogP contribution in [0.2, 0.25) is 0 Å². The summed E-state index contributed by atoms with van der Waals surface area (Å²) in [6.45, 7) is 6.44. The maximum Gasteiger partial charge on any atom is 0.306 e. The number of carbonyl (C=O) groups excluding carboxylic acids is 3. The molecular weight excluding hydrogens is 516 g/mol. The van der Waals surface area contributed by atoms with Gasteiger partial charge in [-0.2, -0.15) is 0 Å². The standard InChI is InChI=1S/C35H66O6/c1-4-7-10-13-14-15-16-17-18-19-20-23-25-28-34(37)40-31-32(41-35(38)29-26-22-12-9-6-3)30-39-33(36)27-24-21-11-8-5-2/h32H,4-31H2,1-3H3/t32-/m1/s1. The van der Waals surface area contributed by atoms with E-state index in [1.807, 2.05) is 0 Å². The van der Waals surface area contributed by atoms with Gasteiger partial charge >= 0.3 is 17.9 Å². The molecule has 0 rings (SSSR count). The van der Waals surface area contributed by atoms with Crippen LogP contribution in [0.4, 0.5) is 0 Å². The highest BCUT2D eigenvalue weighted by atomic mass is 16.6. The molecule has 0 N–H and O–H groups in total. The van der Waals surface area contributed by atoms with E-state index in [9.17, 15) is 14.4 Å². The normalized spacial score (nSPS) is 11.8. The van der Waals surface area contributed by atoms with E-state index in [0.717, 1.165) is 70.6 Å². The van der Waals surface area contributed by atoms with E-state index in [1.165, 1.54) is 77.0 Å². The Labute approximate surface area is 253 Å². The molecule has 0 fully saturated rings. The number of carbonyl (C=O) groups is 3. The van der Waals surface area contributed by atoms with Crippen LogP contribution in [0.1, 0.15) is 188 Å². The smallest absolute Gasteiger partial charge is 0.306 e. The highest BCUT2D eigenvalue weighted by Crippen LogP contribution is 2.14. The zero-order valence-electron chi connectivity index (χ0n) is 27.3. The SMILES string of the molecule is CCCCCCCCCCCCCCCC(=O)OC[C@@H](COC(=O)CCCCCCC)OC(=O)CCCCCCC. The van der Waals surface area contributed by atoms with Gasteiger partial charge in [-0.1, -0.05) is 149 Å². The van der Waals surface area contributed by atoms with Crippen molar-refractivity contribution in [1.29, 1.82) is 0 Å². The maximum absolute atomic E-state index is 12.4. The number of hydrogen-bond acceptors (Lipinski definition) is 6. The summed E-state index contributed by atoms with van der Waals surface area (Å²) in [5.41, 5.74) is 0. The van der Waals surface area contributed by atoms with Crippen LogP contribution < -0.4 is 0 Å². The third kappa shape index (κ3) is 29.7. The second-order valence-corrected chi connectivity index (χ2v) is 11.8. The van der Waals surface area contributed by atoms with Crippen molar-refractivity contribution in [3.63, 3.8) is 0 Å². The summed E-state index contributed by atoms with van der Waals surface area (Å²) >= 11 is 0. The molecule has 1 atom stereocenters. The molecule has 0 bridgehead atoms. The number of ether oxygens (including phenoxy) is 3. The second-order valence-electron chi connectivity index (χ2n) is 11.8. The van der Waals surface area contributed by atoms with Crippen LogP contribution in [0.15, 0.2) is 0 Å². The van der Waals surface area contributed by atoms with Gasteiger partial charge < -0.3 is 14.2 Å². The number of hydrogen-bond donors (Lipinski definition) is 0. The Balaban J connectivity index is 4.16. The molecule has 0 unspecified atom stereocenters. The molecule has 0 aliphatic carbocycles. The van der Waals surface area contributed by atoms with Gasteiger partial charge in [0.15, 0.2) is 6.10 Å². The molecule has 0 saturated heterocycles. The van der Waals surface area contributed by atoms with Gasteiger partial charge in [-0.3, -0.25) is 14.4 Å². The number of rotatable bonds is 31. The lowest BCUT2D eigenvalue weighted by atomic mass is 10.0. The van der Waals surface area contributed by atoms with Crippen molar-refractivity contribution in [2.75, 3.05) is 13.2 Å². The Morgan fingerprint density at radius 2 is 0.659 bits per heavy atom. The molecule has 0 aliphatic rings. The van der Waals surface area contributed by atoms with Crippen molar-refractivity contribution in [2.45, 2.75) is 194 Å². The van der Waals surface area contributed by atoms with E-state index in [0.29, 0.717) is 19.3 Å². The molecule has 0 aromatic rings. The first-order valence-corrected chi connectivity index (χ1v) is 17.5. The molecule has 0 saturated carbocycles. The van der Waals surface area contributed by atoms with Gasteiger partial charge in [-0.05, 0) is 19.3 Å². The zero-order chi connectivity index (χ0) is 30.2. The molecule has 6 heteroatoms. The zero-order valence-corrected chi connectivity index (χ0v) is 27.3. The quantitative estimate of drug-likeness (QED) is 0.0459. The van der Waals surface area contributed by atoms with E-state index in [1.54, 1.807) is 0 Å². The Hall–Kier alpha value is -1.59. The van der Waals surface area contributed by atoms with Crippen LogP contribution in [0.3, 0.4) is 0 Å². The van der Waals surface area contributed by atoms with Crippen LogP contribution in [-0.4, -0.2) is 37.2 Å². The molecule has 0 heterocycles. The first-order chi connectivity index (χ1) is 20.0. The minimum atomic E-state index is -0.752. The van der Waals surface area contributed by atoms with E-state index < -0.39 is 6.10 Å². The average Bonchev–Trinajstić information content (AvgIpc) is 2.96. The average molecular weight is 583 g/mol. The predicted molar refractivity (Wildman–Crippen MR) is 169 cm³/mol. The van der Waals surface area contributed by atoms with Crippen LogP contribution in [0.5, 0.6) is 0 Å². The molecule has 0 amide bonds. The van der Waals surface area contributed by atoms with E-state index in [-0.39, 0.29) is 31.1 Å². The van der Waals surface area contributed by atoms with Crippen molar-refractivity contribution < 1.29 is 28.6 Å². The molecule has 0 spiro atoms. The monoisotopic (exact) mass is 582 g/mol. The highest BCUT2D eigenvalue weighted by molar-refractivity contribution is 5.71. The third-order valence-corrected chi connectivity index (χ3v) is 7.61. The highest BCUT2D eigenvalue weighted by Gasteiger charge is 2.19. The van der Waals surface area contributed by atoms with Crippen LogP contribution in [-0.2, 0) is 28.6 Å². The summed E-state index contributed by atoms with van der Waals surface area (Å²) in [6.07, 6.45) is 27.1. The third-order valence-electron chi connectivity index (χ3n) is 7.61. The largest absolute Gasteiger partial charge is 0.462 e. The first-order valence-electron chi connectivity index (χ1n) is 17.5. The summed E-state index contributed by atoms with van der Waals surface area (Å²) in [6, 6.07) is 0. The van der Waals surface area contributed by atoms with E-state index in [2.05, 4.69) is 20.8 Å². The van der Waals surface area contributed by atoms with E-state index in [4.69, 9.17) is 14.2 Å². The van der Waals surface area contributed by atoms with Crippen molar-refractivity contribution in [3.05, 3.63) is 0 Å². The fraction of sp³-hybridized carbons (Fsp3) is 0.914. The molecule has 0 aliphatic heterocycles. The summed E-state index contributed by atoms with van der Waals surface area (Å²) in [5.74, 6) is -0.897. The lowest BCUT2D eigenvalue weighted by Gasteiger charge is -2.18. The second kappa shape index (κ2) is 31.3. The van der Waals surface area contributed by atoms with Gasteiger partial charge in [0.25, 0.3) is 0 Å². The molecule has 6 nitrogen and oxygen atoms in total. The molecule has 0 aromatic heterocycles. The Kier molecular flexibility index (Phi) is 30.1. The minimum absolute atomic E-state index is 0.0668. The molecule has 242 valence electrons. The maximum atomic E-state index is 12.4. The van der Waals surface area contributed by atoms with Crippen LogP contribution in [0.25, 0.3) is 0 Å². The Bertz CT molecular complexity index is 605. The van der Waals surface area contributed by atoms with Gasteiger partial charge in [-0.25, -0.2) is 0 Å².